The Morgan fingerprint density at radius 3 is 2.57 bits per heavy atom. The fourth-order valence-electron chi connectivity index (χ4n) is 4.03. The number of aromatic nitrogens is 1. The Kier molecular flexibility index (Phi) is 5.92. The predicted octanol–water partition coefficient (Wildman–Crippen LogP) is 1.53. The van der Waals surface area contributed by atoms with Crippen LogP contribution in [0.5, 0.6) is 0 Å². The Bertz CT molecular complexity index is 1050. The van der Waals surface area contributed by atoms with Crippen molar-refractivity contribution in [2.45, 2.75) is 30.6 Å². The molecule has 8 nitrogen and oxygen atoms in total. The van der Waals surface area contributed by atoms with Crippen molar-refractivity contribution in [3.63, 3.8) is 0 Å². The zero-order chi connectivity index (χ0) is 21.1. The molecule has 1 aromatic carbocycles. The van der Waals surface area contributed by atoms with Gasteiger partial charge in [0.1, 0.15) is 5.82 Å². The number of carbonyl (C=O) groups is 1. The van der Waals surface area contributed by atoms with Crippen molar-refractivity contribution in [2.75, 3.05) is 42.8 Å². The lowest BCUT2D eigenvalue weighted by Crippen LogP contribution is -2.44. The maximum Gasteiger partial charge on any atom is 0.261 e. The molecule has 160 valence electrons. The minimum absolute atomic E-state index is 0.232. The number of rotatable bonds is 5. The lowest BCUT2D eigenvalue weighted by atomic mass is 9.92. The van der Waals surface area contributed by atoms with Crippen molar-refractivity contribution in [1.29, 1.82) is 0 Å². The molecule has 0 saturated carbocycles. The van der Waals surface area contributed by atoms with Crippen molar-refractivity contribution in [2.24, 2.45) is 0 Å². The molecule has 1 fully saturated rings. The normalized spacial score (nSPS) is 16.6. The van der Waals surface area contributed by atoms with Crippen LogP contribution in [0.1, 0.15) is 34.3 Å². The number of nitrogens with one attached hydrogen (secondary N) is 3. The zero-order valence-electron chi connectivity index (χ0n) is 17.1. The van der Waals surface area contributed by atoms with E-state index in [4.69, 9.17) is 0 Å². The van der Waals surface area contributed by atoms with E-state index < -0.39 is 10.0 Å². The van der Waals surface area contributed by atoms with Crippen LogP contribution in [-0.4, -0.2) is 52.5 Å². The highest BCUT2D eigenvalue weighted by Gasteiger charge is 2.22. The maximum absolute atomic E-state index is 13.0. The number of hydrogen-bond donors (Lipinski definition) is 3. The van der Waals surface area contributed by atoms with Gasteiger partial charge in [0.2, 0.25) is 0 Å². The molecule has 2 aliphatic rings. The minimum Gasteiger partial charge on any atom is -0.355 e. The first-order chi connectivity index (χ1) is 14.5. The first kappa shape index (κ1) is 20.6. The van der Waals surface area contributed by atoms with Gasteiger partial charge in [-0.05, 0) is 55.0 Å². The molecule has 0 atom stereocenters. The standard InChI is InChI=1S/C21H27N5O3S/c1-22-21(27)19-13-17(14-24-20(19)26-10-8-23-9-11-26)25-30(28,29)18-7-6-15-4-2-3-5-16(15)12-18/h6-7,12-14,23,25H,2-5,8-11H2,1H3,(H,22,27). The van der Waals surface area contributed by atoms with Gasteiger partial charge in [-0.2, -0.15) is 0 Å². The number of benzene rings is 1. The van der Waals surface area contributed by atoms with Gasteiger partial charge in [0, 0.05) is 33.2 Å². The molecule has 1 saturated heterocycles. The highest BCUT2D eigenvalue weighted by Crippen LogP contribution is 2.27. The summed E-state index contributed by atoms with van der Waals surface area (Å²) in [6.07, 6.45) is 5.59. The van der Waals surface area contributed by atoms with Gasteiger partial charge in [-0.3, -0.25) is 9.52 Å². The molecule has 30 heavy (non-hydrogen) atoms. The predicted molar refractivity (Wildman–Crippen MR) is 117 cm³/mol. The van der Waals surface area contributed by atoms with E-state index in [1.807, 2.05) is 11.0 Å². The summed E-state index contributed by atoms with van der Waals surface area (Å²) in [4.78, 5) is 19.1. The molecule has 0 unspecified atom stereocenters. The molecule has 4 rings (SSSR count). The van der Waals surface area contributed by atoms with Gasteiger partial charge in [0.05, 0.1) is 22.3 Å². The fourth-order valence-corrected chi connectivity index (χ4v) is 5.12. The summed E-state index contributed by atoms with van der Waals surface area (Å²) < 4.78 is 28.5. The number of nitrogens with zero attached hydrogens (tertiary/aromatic N) is 2. The number of amides is 1. The van der Waals surface area contributed by atoms with Crippen molar-refractivity contribution >= 4 is 27.4 Å². The first-order valence-corrected chi connectivity index (χ1v) is 11.8. The molecule has 1 amide bonds. The van der Waals surface area contributed by atoms with E-state index in [1.165, 1.54) is 11.8 Å². The van der Waals surface area contributed by atoms with Gasteiger partial charge in [-0.25, -0.2) is 13.4 Å². The molecule has 0 radical (unpaired) electrons. The second-order valence-electron chi connectivity index (χ2n) is 7.65. The lowest BCUT2D eigenvalue weighted by Gasteiger charge is -2.29. The highest BCUT2D eigenvalue weighted by molar-refractivity contribution is 7.92. The Labute approximate surface area is 177 Å². The van der Waals surface area contributed by atoms with Crippen LogP contribution < -0.4 is 20.3 Å². The number of carbonyl (C=O) groups excluding carboxylic acids is 1. The average Bonchev–Trinajstić information content (AvgIpc) is 2.78. The number of piperazine rings is 1. The second-order valence-corrected chi connectivity index (χ2v) is 9.34. The van der Waals surface area contributed by atoms with E-state index in [-0.39, 0.29) is 16.5 Å². The largest absolute Gasteiger partial charge is 0.355 e. The summed E-state index contributed by atoms with van der Waals surface area (Å²) in [6, 6.07) is 6.87. The van der Waals surface area contributed by atoms with Crippen LogP contribution in [0.25, 0.3) is 0 Å². The van der Waals surface area contributed by atoms with Crippen LogP contribution in [0.4, 0.5) is 11.5 Å². The lowest BCUT2D eigenvalue weighted by molar-refractivity contribution is 0.0963. The van der Waals surface area contributed by atoms with Gasteiger partial charge in [-0.15, -0.1) is 0 Å². The molecular weight excluding hydrogens is 402 g/mol. The van der Waals surface area contributed by atoms with E-state index >= 15 is 0 Å². The Hall–Kier alpha value is -2.65. The Morgan fingerprint density at radius 2 is 1.83 bits per heavy atom. The van der Waals surface area contributed by atoms with Crippen LogP contribution in [0.2, 0.25) is 0 Å². The van der Waals surface area contributed by atoms with Gasteiger partial charge in [0.15, 0.2) is 0 Å². The topological polar surface area (TPSA) is 103 Å². The highest BCUT2D eigenvalue weighted by atomic mass is 32.2. The third kappa shape index (κ3) is 4.27. The van der Waals surface area contributed by atoms with E-state index in [2.05, 4.69) is 20.3 Å². The molecule has 2 aromatic rings. The fraction of sp³-hybridized carbons (Fsp3) is 0.429. The molecule has 1 aromatic heterocycles. The number of aryl methyl sites for hydroxylation is 2. The van der Waals surface area contributed by atoms with E-state index in [0.717, 1.165) is 57.4 Å². The monoisotopic (exact) mass is 429 g/mol. The molecule has 2 heterocycles. The van der Waals surface area contributed by atoms with Crippen LogP contribution >= 0.6 is 0 Å². The summed E-state index contributed by atoms with van der Waals surface area (Å²) in [5.74, 6) is 0.262. The van der Waals surface area contributed by atoms with Crippen molar-refractivity contribution < 1.29 is 13.2 Å². The van der Waals surface area contributed by atoms with Crippen LogP contribution in [0, 0.1) is 0 Å². The van der Waals surface area contributed by atoms with E-state index in [1.54, 1.807) is 25.2 Å². The summed E-state index contributed by atoms with van der Waals surface area (Å²) in [6.45, 7) is 3.08. The molecule has 1 aliphatic heterocycles. The smallest absolute Gasteiger partial charge is 0.261 e. The number of anilines is 2. The van der Waals surface area contributed by atoms with Crippen molar-refractivity contribution in [1.82, 2.24) is 15.6 Å². The van der Waals surface area contributed by atoms with Gasteiger partial charge < -0.3 is 15.5 Å². The number of sulfonamides is 1. The average molecular weight is 430 g/mol. The van der Waals surface area contributed by atoms with E-state index in [0.29, 0.717) is 11.4 Å². The SMILES string of the molecule is CNC(=O)c1cc(NS(=O)(=O)c2ccc3c(c2)CCCC3)cnc1N1CCNCC1. The summed E-state index contributed by atoms with van der Waals surface area (Å²) >= 11 is 0. The zero-order valence-corrected chi connectivity index (χ0v) is 17.9. The van der Waals surface area contributed by atoms with Crippen molar-refractivity contribution in [3.05, 3.63) is 47.2 Å². The second kappa shape index (κ2) is 8.61. The maximum atomic E-state index is 13.0. The summed E-state index contributed by atoms with van der Waals surface area (Å²) in [5, 5.41) is 5.89. The summed E-state index contributed by atoms with van der Waals surface area (Å²) in [5.41, 5.74) is 2.95. The first-order valence-electron chi connectivity index (χ1n) is 10.3. The molecule has 3 N–H and O–H groups in total. The van der Waals surface area contributed by atoms with Gasteiger partial charge >= 0.3 is 0 Å². The molecule has 0 bridgehead atoms. The number of pyridine rings is 1. The molecule has 0 spiro atoms. The van der Waals surface area contributed by atoms with Crippen LogP contribution in [0.15, 0.2) is 35.4 Å². The summed E-state index contributed by atoms with van der Waals surface area (Å²) in [7, 11) is -2.23. The van der Waals surface area contributed by atoms with Crippen molar-refractivity contribution in [3.8, 4) is 0 Å². The quantitative estimate of drug-likeness (QED) is 0.666. The minimum atomic E-state index is -3.78. The Balaban J connectivity index is 1.62. The third-order valence-corrected chi connectivity index (χ3v) is 7.02. The molecular formula is C21H27N5O3S. The molecule has 9 heteroatoms. The van der Waals surface area contributed by atoms with E-state index in [9.17, 15) is 13.2 Å². The number of hydrogen-bond acceptors (Lipinski definition) is 6. The van der Waals surface area contributed by atoms with Crippen LogP contribution in [0.3, 0.4) is 0 Å². The molecule has 1 aliphatic carbocycles. The van der Waals surface area contributed by atoms with Gasteiger partial charge in [-0.1, -0.05) is 6.07 Å². The number of fused-ring (bicyclic) bond motifs is 1. The van der Waals surface area contributed by atoms with Gasteiger partial charge in [0.25, 0.3) is 15.9 Å². The Morgan fingerprint density at radius 1 is 1.10 bits per heavy atom. The third-order valence-electron chi connectivity index (χ3n) is 5.64. The van der Waals surface area contributed by atoms with Crippen LogP contribution in [-0.2, 0) is 22.9 Å².